The van der Waals surface area contributed by atoms with Crippen LogP contribution in [0.5, 0.6) is 0 Å². The lowest BCUT2D eigenvalue weighted by Crippen LogP contribution is -2.54. The first-order valence-electron chi connectivity index (χ1n) is 6.58. The Morgan fingerprint density at radius 3 is 2.76 bits per heavy atom. The number of piperazine rings is 1. The number of aryl methyl sites for hydroxylation is 2. The van der Waals surface area contributed by atoms with Gasteiger partial charge in [0, 0.05) is 37.1 Å². The summed E-state index contributed by atoms with van der Waals surface area (Å²) < 4.78 is 0. The maximum absolute atomic E-state index is 4.73. The maximum atomic E-state index is 4.73. The molecule has 0 spiro atoms. The van der Waals surface area contributed by atoms with E-state index in [0.29, 0.717) is 12.1 Å². The van der Waals surface area contributed by atoms with Gasteiger partial charge in [-0.05, 0) is 38.7 Å². The van der Waals surface area contributed by atoms with Crippen LogP contribution in [0.4, 0.5) is 5.95 Å². The van der Waals surface area contributed by atoms with Crippen molar-refractivity contribution in [3.63, 3.8) is 0 Å². The van der Waals surface area contributed by atoms with Gasteiger partial charge in [-0.15, -0.1) is 0 Å². The van der Waals surface area contributed by atoms with E-state index in [4.69, 9.17) is 4.98 Å². The number of nitrogens with one attached hydrogen (secondary N) is 1. The van der Waals surface area contributed by atoms with Gasteiger partial charge >= 0.3 is 0 Å². The SMILES string of the molecule is C[C@@H]1CN(c2ncc3c(n2)CCC3)C[C@H](C)N1. The highest BCUT2D eigenvalue weighted by molar-refractivity contribution is 5.36. The largest absolute Gasteiger partial charge is 0.338 e. The van der Waals surface area contributed by atoms with E-state index < -0.39 is 0 Å². The Morgan fingerprint density at radius 1 is 1.24 bits per heavy atom. The molecule has 1 aliphatic carbocycles. The minimum Gasteiger partial charge on any atom is -0.338 e. The van der Waals surface area contributed by atoms with Crippen molar-refractivity contribution in [2.75, 3.05) is 18.0 Å². The van der Waals surface area contributed by atoms with Gasteiger partial charge in [-0.25, -0.2) is 9.97 Å². The summed E-state index contributed by atoms with van der Waals surface area (Å²) in [6, 6.07) is 1.02. The summed E-state index contributed by atoms with van der Waals surface area (Å²) in [5.74, 6) is 0.922. The fraction of sp³-hybridized carbons (Fsp3) is 0.692. The Balaban J connectivity index is 1.83. The van der Waals surface area contributed by atoms with Crippen LogP contribution in [0, 0.1) is 0 Å². The van der Waals surface area contributed by atoms with Crippen LogP contribution in [0.25, 0.3) is 0 Å². The van der Waals surface area contributed by atoms with Crippen molar-refractivity contribution in [1.29, 1.82) is 0 Å². The van der Waals surface area contributed by atoms with Crippen molar-refractivity contribution in [1.82, 2.24) is 15.3 Å². The molecule has 2 aliphatic rings. The molecule has 1 aromatic rings. The summed E-state index contributed by atoms with van der Waals surface area (Å²) in [7, 11) is 0. The van der Waals surface area contributed by atoms with E-state index in [1.54, 1.807) is 0 Å². The highest BCUT2D eigenvalue weighted by Gasteiger charge is 2.24. The second-order valence-electron chi connectivity index (χ2n) is 5.37. The van der Waals surface area contributed by atoms with Crippen LogP contribution >= 0.6 is 0 Å². The van der Waals surface area contributed by atoms with Crippen LogP contribution in [-0.2, 0) is 12.8 Å². The van der Waals surface area contributed by atoms with Gasteiger partial charge in [-0.1, -0.05) is 0 Å². The molecular weight excluding hydrogens is 212 g/mol. The number of hydrogen-bond acceptors (Lipinski definition) is 4. The first-order valence-corrected chi connectivity index (χ1v) is 6.58. The van der Waals surface area contributed by atoms with Gasteiger partial charge in [0.05, 0.1) is 0 Å². The lowest BCUT2D eigenvalue weighted by molar-refractivity contribution is 0.403. The lowest BCUT2D eigenvalue weighted by Gasteiger charge is -2.36. The lowest BCUT2D eigenvalue weighted by atomic mass is 10.1. The van der Waals surface area contributed by atoms with Crippen molar-refractivity contribution in [3.05, 3.63) is 17.5 Å². The molecule has 1 aliphatic heterocycles. The smallest absolute Gasteiger partial charge is 0.225 e. The summed E-state index contributed by atoms with van der Waals surface area (Å²) in [6.45, 7) is 6.44. The van der Waals surface area contributed by atoms with Gasteiger partial charge in [-0.2, -0.15) is 0 Å². The Morgan fingerprint density at radius 2 is 2.00 bits per heavy atom. The van der Waals surface area contributed by atoms with Crippen molar-refractivity contribution in [3.8, 4) is 0 Å². The van der Waals surface area contributed by atoms with E-state index in [2.05, 4.69) is 29.0 Å². The average Bonchev–Trinajstić information content (AvgIpc) is 2.74. The Kier molecular flexibility index (Phi) is 2.74. The van der Waals surface area contributed by atoms with Crippen LogP contribution in [0.1, 0.15) is 31.5 Å². The van der Waals surface area contributed by atoms with E-state index >= 15 is 0 Å². The van der Waals surface area contributed by atoms with Crippen molar-refractivity contribution in [2.24, 2.45) is 0 Å². The fourth-order valence-corrected chi connectivity index (χ4v) is 2.95. The van der Waals surface area contributed by atoms with Gasteiger partial charge in [0.15, 0.2) is 0 Å². The molecular formula is C13H20N4. The molecule has 0 unspecified atom stereocenters. The number of aromatic nitrogens is 2. The molecule has 0 radical (unpaired) electrons. The van der Waals surface area contributed by atoms with Gasteiger partial charge in [-0.3, -0.25) is 0 Å². The molecule has 1 fully saturated rings. The van der Waals surface area contributed by atoms with E-state index in [1.807, 2.05) is 6.20 Å². The second kappa shape index (κ2) is 4.26. The molecule has 0 saturated carbocycles. The van der Waals surface area contributed by atoms with E-state index in [9.17, 15) is 0 Å². The third-order valence-corrected chi connectivity index (χ3v) is 3.64. The molecule has 0 bridgehead atoms. The summed E-state index contributed by atoms with van der Waals surface area (Å²) in [5, 5.41) is 3.53. The zero-order chi connectivity index (χ0) is 11.8. The fourth-order valence-electron chi connectivity index (χ4n) is 2.95. The molecule has 4 nitrogen and oxygen atoms in total. The van der Waals surface area contributed by atoms with E-state index in [1.165, 1.54) is 17.7 Å². The number of nitrogens with zero attached hydrogens (tertiary/aromatic N) is 3. The summed E-state index contributed by atoms with van der Waals surface area (Å²) >= 11 is 0. The zero-order valence-corrected chi connectivity index (χ0v) is 10.6. The quantitative estimate of drug-likeness (QED) is 0.788. The highest BCUT2D eigenvalue weighted by Crippen LogP contribution is 2.22. The predicted octanol–water partition coefficient (Wildman–Crippen LogP) is 1.15. The van der Waals surface area contributed by atoms with Crippen LogP contribution < -0.4 is 10.2 Å². The number of rotatable bonds is 1. The Labute approximate surface area is 102 Å². The van der Waals surface area contributed by atoms with Crippen LogP contribution in [0.2, 0.25) is 0 Å². The molecule has 92 valence electrons. The monoisotopic (exact) mass is 232 g/mol. The highest BCUT2D eigenvalue weighted by atomic mass is 15.3. The minimum atomic E-state index is 0.510. The molecule has 17 heavy (non-hydrogen) atoms. The third-order valence-electron chi connectivity index (χ3n) is 3.64. The van der Waals surface area contributed by atoms with Gasteiger partial charge < -0.3 is 10.2 Å². The molecule has 1 N–H and O–H groups in total. The minimum absolute atomic E-state index is 0.510. The first kappa shape index (κ1) is 11.0. The maximum Gasteiger partial charge on any atom is 0.225 e. The van der Waals surface area contributed by atoms with E-state index in [-0.39, 0.29) is 0 Å². The molecule has 3 rings (SSSR count). The zero-order valence-electron chi connectivity index (χ0n) is 10.6. The summed E-state index contributed by atoms with van der Waals surface area (Å²) in [6.07, 6.45) is 5.55. The normalized spacial score (nSPS) is 28.2. The van der Waals surface area contributed by atoms with E-state index in [0.717, 1.165) is 31.9 Å². The molecule has 1 saturated heterocycles. The molecule has 2 heterocycles. The second-order valence-corrected chi connectivity index (χ2v) is 5.37. The standard InChI is InChI=1S/C13H20N4/c1-9-7-17(8-10(2)15-9)13-14-6-11-4-3-5-12(11)16-13/h6,9-10,15H,3-5,7-8H2,1-2H3/t9-,10+. The summed E-state index contributed by atoms with van der Waals surface area (Å²) in [4.78, 5) is 11.6. The third kappa shape index (κ3) is 2.14. The number of fused-ring (bicyclic) bond motifs is 1. The molecule has 1 aromatic heterocycles. The van der Waals surface area contributed by atoms with Crippen LogP contribution in [0.3, 0.4) is 0 Å². The number of hydrogen-bond donors (Lipinski definition) is 1. The molecule has 4 heteroatoms. The van der Waals surface area contributed by atoms with Crippen molar-refractivity contribution < 1.29 is 0 Å². The van der Waals surface area contributed by atoms with Gasteiger partial charge in [0.2, 0.25) is 5.95 Å². The number of anilines is 1. The average molecular weight is 232 g/mol. The molecule has 0 aromatic carbocycles. The summed E-state index contributed by atoms with van der Waals surface area (Å²) in [5.41, 5.74) is 2.62. The molecule has 0 amide bonds. The topological polar surface area (TPSA) is 41.1 Å². The first-order chi connectivity index (χ1) is 8.22. The Bertz CT molecular complexity index is 408. The Hall–Kier alpha value is -1.16. The van der Waals surface area contributed by atoms with Gasteiger partial charge in [0.25, 0.3) is 0 Å². The van der Waals surface area contributed by atoms with Crippen LogP contribution in [0.15, 0.2) is 6.20 Å². The molecule has 2 atom stereocenters. The predicted molar refractivity (Wildman–Crippen MR) is 68.3 cm³/mol. The van der Waals surface area contributed by atoms with Crippen molar-refractivity contribution in [2.45, 2.75) is 45.2 Å². The van der Waals surface area contributed by atoms with Crippen LogP contribution in [-0.4, -0.2) is 35.1 Å². The van der Waals surface area contributed by atoms with Crippen molar-refractivity contribution >= 4 is 5.95 Å². The van der Waals surface area contributed by atoms with Gasteiger partial charge in [0.1, 0.15) is 0 Å².